The minimum atomic E-state index is 0. The van der Waals surface area contributed by atoms with E-state index >= 15 is 0 Å². The Morgan fingerprint density at radius 2 is 2.09 bits per heavy atom. The van der Waals surface area contributed by atoms with E-state index in [9.17, 15) is 4.39 Å². The number of aromatic nitrogens is 3. The first kappa shape index (κ1) is 16.5. The predicted octanol–water partition coefficient (Wildman–Crippen LogP) is 2.96. The van der Waals surface area contributed by atoms with Crippen LogP contribution in [0.2, 0.25) is 0 Å². The molecule has 1 aromatic heterocycles. The van der Waals surface area contributed by atoms with Crippen molar-refractivity contribution in [1.29, 1.82) is 0 Å². The molecule has 118 valence electrons. The van der Waals surface area contributed by atoms with Crippen molar-refractivity contribution in [2.24, 2.45) is 5.73 Å². The van der Waals surface area contributed by atoms with Crippen molar-refractivity contribution in [3.05, 3.63) is 42.0 Å². The second kappa shape index (κ2) is 7.38. The van der Waals surface area contributed by atoms with E-state index in [1.54, 1.807) is 0 Å². The number of nitrogens with one attached hydrogen (secondary N) is 1. The second-order valence-corrected chi connectivity index (χ2v) is 5.10. The van der Waals surface area contributed by atoms with Crippen molar-refractivity contribution in [3.8, 4) is 17.1 Å². The number of hydrogen-bond acceptors (Lipinski definition) is 4. The summed E-state index contributed by atoms with van der Waals surface area (Å²) in [5.74, 6) is 2.86. The van der Waals surface area contributed by atoms with Gasteiger partial charge in [0.05, 0.1) is 6.33 Å². The molecule has 2 aromatic rings. The van der Waals surface area contributed by atoms with Crippen LogP contribution < -0.4 is 10.5 Å². The van der Waals surface area contributed by atoms with Crippen molar-refractivity contribution in [2.75, 3.05) is 13.2 Å². The first-order valence-corrected chi connectivity index (χ1v) is 6.94. The highest BCUT2D eigenvalue weighted by Crippen LogP contribution is 2.38. The summed E-state index contributed by atoms with van der Waals surface area (Å²) in [6, 6.07) is 7.40. The Bertz CT molecular complexity index is 637. The van der Waals surface area contributed by atoms with Gasteiger partial charge >= 0.3 is 0 Å². The molecule has 3 rings (SSSR count). The van der Waals surface area contributed by atoms with Gasteiger partial charge in [0, 0.05) is 23.6 Å². The lowest BCUT2D eigenvalue weighted by Crippen LogP contribution is -2.10. The highest BCUT2D eigenvalue weighted by atomic mass is 35.5. The Kier molecular flexibility index (Phi) is 5.51. The third-order valence-electron chi connectivity index (χ3n) is 3.42. The van der Waals surface area contributed by atoms with E-state index in [4.69, 9.17) is 10.5 Å². The quantitative estimate of drug-likeness (QED) is 0.856. The molecule has 1 heterocycles. The largest absolute Gasteiger partial charge is 0.489 e. The van der Waals surface area contributed by atoms with Crippen molar-refractivity contribution >= 4 is 12.4 Å². The molecule has 0 amide bonds. The highest BCUT2D eigenvalue weighted by molar-refractivity contribution is 5.85. The minimum absolute atomic E-state index is 0. The Balaban J connectivity index is 0.00000176. The zero-order chi connectivity index (χ0) is 14.7. The number of nitrogens with two attached hydrogens (primary N) is 1. The molecule has 0 saturated heterocycles. The molecule has 22 heavy (non-hydrogen) atoms. The van der Waals surface area contributed by atoms with E-state index in [2.05, 4.69) is 15.2 Å². The fraction of sp³-hybridized carbons (Fsp3) is 0.333. The van der Waals surface area contributed by atoms with Crippen molar-refractivity contribution in [3.63, 3.8) is 0 Å². The summed E-state index contributed by atoms with van der Waals surface area (Å²) in [4.78, 5) is 4.49. The molecule has 0 atom stereocenters. The fourth-order valence-corrected chi connectivity index (χ4v) is 1.95. The number of ether oxygens (including phenoxy) is 1. The van der Waals surface area contributed by atoms with Gasteiger partial charge in [0.2, 0.25) is 0 Å². The van der Waals surface area contributed by atoms with Gasteiger partial charge in [0.15, 0.2) is 5.82 Å². The molecule has 0 radical (unpaired) electrons. The number of halogens is 2. The first-order chi connectivity index (χ1) is 10.3. The van der Waals surface area contributed by atoms with Crippen molar-refractivity contribution < 1.29 is 9.13 Å². The molecule has 7 heteroatoms. The number of aromatic amines is 1. The molecule has 5 nitrogen and oxygen atoms in total. The van der Waals surface area contributed by atoms with Crippen LogP contribution in [0.4, 0.5) is 4.39 Å². The third-order valence-corrected chi connectivity index (χ3v) is 3.42. The zero-order valence-corrected chi connectivity index (χ0v) is 12.8. The van der Waals surface area contributed by atoms with Crippen LogP contribution in [0.1, 0.15) is 24.6 Å². The number of benzene rings is 1. The monoisotopic (exact) mass is 324 g/mol. The normalized spacial score (nSPS) is 14.5. The van der Waals surface area contributed by atoms with Crippen LogP contribution in [0.3, 0.4) is 0 Å². The molecule has 1 aliphatic rings. The van der Waals surface area contributed by atoms with Crippen LogP contribution in [-0.4, -0.2) is 28.3 Å². The molecule has 0 bridgehead atoms. The Morgan fingerprint density at radius 1 is 1.36 bits per heavy atom. The lowest BCUT2D eigenvalue weighted by atomic mass is 10.2. The van der Waals surface area contributed by atoms with Gasteiger partial charge in [-0.2, -0.15) is 5.10 Å². The van der Waals surface area contributed by atoms with Crippen LogP contribution in [0.5, 0.6) is 5.75 Å². The summed E-state index contributed by atoms with van der Waals surface area (Å²) >= 11 is 0. The van der Waals surface area contributed by atoms with Crippen LogP contribution in [-0.2, 0) is 0 Å². The maximum atomic E-state index is 12.4. The van der Waals surface area contributed by atoms with E-state index in [1.165, 1.54) is 12.8 Å². The minimum Gasteiger partial charge on any atom is -0.489 e. The lowest BCUT2D eigenvalue weighted by Gasteiger charge is -2.07. The smallest absolute Gasteiger partial charge is 0.181 e. The Morgan fingerprint density at radius 3 is 2.68 bits per heavy atom. The van der Waals surface area contributed by atoms with E-state index in [1.807, 2.05) is 24.3 Å². The van der Waals surface area contributed by atoms with Gasteiger partial charge in [-0.15, -0.1) is 12.4 Å². The predicted molar refractivity (Wildman–Crippen MR) is 84.8 cm³/mol. The van der Waals surface area contributed by atoms with E-state index in [0.29, 0.717) is 29.4 Å². The number of rotatable bonds is 6. The number of nitrogens with zero attached hydrogens (tertiary/aromatic N) is 2. The zero-order valence-electron chi connectivity index (χ0n) is 12.0. The molecule has 1 fully saturated rings. The molecule has 1 aromatic carbocycles. The molecule has 3 N–H and O–H groups in total. The maximum absolute atomic E-state index is 12.4. The third kappa shape index (κ3) is 3.84. The number of hydrogen-bond donors (Lipinski definition) is 2. The summed E-state index contributed by atoms with van der Waals surface area (Å²) in [6.45, 7) is 0.300. The molecule has 0 aliphatic heterocycles. The summed E-state index contributed by atoms with van der Waals surface area (Å²) in [5.41, 5.74) is 6.71. The van der Waals surface area contributed by atoms with Crippen molar-refractivity contribution in [1.82, 2.24) is 15.2 Å². The van der Waals surface area contributed by atoms with Gasteiger partial charge in [-0.05, 0) is 37.1 Å². The van der Waals surface area contributed by atoms with Gasteiger partial charge in [0.1, 0.15) is 18.2 Å². The highest BCUT2D eigenvalue weighted by Gasteiger charge is 2.27. The van der Waals surface area contributed by atoms with E-state index in [0.717, 1.165) is 11.4 Å². The van der Waals surface area contributed by atoms with Crippen LogP contribution in [0.15, 0.2) is 36.2 Å². The topological polar surface area (TPSA) is 76.8 Å². The molecular formula is C15H18ClFN4O. The fourth-order valence-electron chi connectivity index (χ4n) is 1.95. The summed E-state index contributed by atoms with van der Waals surface area (Å²) in [7, 11) is 0. The molecule has 0 spiro atoms. The SMILES string of the molecule is Cl.NC/C(=C\F)COc1ccc(-c2n[nH]c(C3CC3)n2)cc1. The Labute approximate surface area is 134 Å². The standard InChI is InChI=1S/C15H17FN4O.ClH/c16-7-10(8-17)9-21-13-5-3-12(4-6-13)15-18-14(19-20-15)11-1-2-11;/h3-7,11H,1-2,8-9,17H2,(H,18,19,20);1H/b10-7+;. The van der Waals surface area contributed by atoms with Crippen LogP contribution >= 0.6 is 12.4 Å². The van der Waals surface area contributed by atoms with E-state index < -0.39 is 0 Å². The molecule has 0 unspecified atom stereocenters. The van der Waals surface area contributed by atoms with Gasteiger partial charge in [-0.25, -0.2) is 9.37 Å². The summed E-state index contributed by atoms with van der Waals surface area (Å²) in [6.07, 6.45) is 2.86. The van der Waals surface area contributed by atoms with Gasteiger partial charge in [-0.3, -0.25) is 5.10 Å². The lowest BCUT2D eigenvalue weighted by molar-refractivity contribution is 0.347. The van der Waals surface area contributed by atoms with Gasteiger partial charge in [0.25, 0.3) is 0 Å². The van der Waals surface area contributed by atoms with E-state index in [-0.39, 0.29) is 25.6 Å². The Hall–Kier alpha value is -1.92. The molecule has 1 saturated carbocycles. The second-order valence-electron chi connectivity index (χ2n) is 5.10. The number of H-pyrrole nitrogens is 1. The summed E-state index contributed by atoms with van der Waals surface area (Å²) in [5, 5.41) is 7.21. The average Bonchev–Trinajstić information content (AvgIpc) is 3.26. The van der Waals surface area contributed by atoms with Crippen molar-refractivity contribution in [2.45, 2.75) is 18.8 Å². The van der Waals surface area contributed by atoms with Gasteiger partial charge < -0.3 is 10.5 Å². The molecule has 1 aliphatic carbocycles. The van der Waals surface area contributed by atoms with Gasteiger partial charge in [-0.1, -0.05) is 0 Å². The van der Waals surface area contributed by atoms with Crippen LogP contribution in [0, 0.1) is 0 Å². The van der Waals surface area contributed by atoms with Crippen LogP contribution in [0.25, 0.3) is 11.4 Å². The molecular weight excluding hydrogens is 307 g/mol. The average molecular weight is 325 g/mol. The summed E-state index contributed by atoms with van der Waals surface area (Å²) < 4.78 is 17.8. The first-order valence-electron chi connectivity index (χ1n) is 6.94. The maximum Gasteiger partial charge on any atom is 0.181 e.